The molecule has 1 fully saturated rings. The highest BCUT2D eigenvalue weighted by Crippen LogP contribution is 2.36. The van der Waals surface area contributed by atoms with Gasteiger partial charge in [0.1, 0.15) is 29.1 Å². The van der Waals surface area contributed by atoms with Crippen LogP contribution in [0.3, 0.4) is 0 Å². The normalized spacial score (nSPS) is 13.7. The summed E-state index contributed by atoms with van der Waals surface area (Å²) in [5, 5.41) is 19.2. The van der Waals surface area contributed by atoms with E-state index in [4.69, 9.17) is 10.5 Å². The molecule has 0 unspecified atom stereocenters. The number of nitrogens with zero attached hydrogens (tertiary/aromatic N) is 4. The first-order chi connectivity index (χ1) is 12.7. The molecule has 0 bridgehead atoms. The van der Waals surface area contributed by atoms with E-state index >= 15 is 0 Å². The first kappa shape index (κ1) is 17.6. The lowest BCUT2D eigenvalue weighted by molar-refractivity contribution is 0.326. The van der Waals surface area contributed by atoms with Gasteiger partial charge in [-0.15, -0.1) is 0 Å². The summed E-state index contributed by atoms with van der Waals surface area (Å²) in [6.45, 7) is 4.29. The van der Waals surface area contributed by atoms with Gasteiger partial charge in [-0.1, -0.05) is 12.1 Å². The first-order valence-corrected chi connectivity index (χ1v) is 8.81. The second-order valence-electron chi connectivity index (χ2n) is 6.18. The topological polar surface area (TPSA) is 99.0 Å². The number of anilines is 2. The molecular formula is C20H21N5O. The van der Waals surface area contributed by atoms with Crippen LogP contribution in [0, 0.1) is 22.7 Å². The highest BCUT2D eigenvalue weighted by atomic mass is 16.5. The molecule has 3 rings (SSSR count). The van der Waals surface area contributed by atoms with Gasteiger partial charge >= 0.3 is 0 Å². The van der Waals surface area contributed by atoms with Crippen LogP contribution >= 0.6 is 0 Å². The van der Waals surface area contributed by atoms with Gasteiger partial charge in [-0.25, -0.2) is 0 Å². The van der Waals surface area contributed by atoms with E-state index in [1.54, 1.807) is 0 Å². The Morgan fingerprint density at radius 2 is 1.73 bits per heavy atom. The van der Waals surface area contributed by atoms with Gasteiger partial charge < -0.3 is 15.4 Å². The van der Waals surface area contributed by atoms with Crippen LogP contribution in [0.5, 0.6) is 5.88 Å². The molecule has 0 atom stereocenters. The van der Waals surface area contributed by atoms with Crippen molar-refractivity contribution < 1.29 is 4.74 Å². The quantitative estimate of drug-likeness (QED) is 0.909. The SMILES string of the molecule is CCOc1nc(N)c(C#N)c(-c2ccc(N3CCCCC3)cc2)c1C#N. The third-order valence-electron chi connectivity index (χ3n) is 4.57. The summed E-state index contributed by atoms with van der Waals surface area (Å²) in [5.41, 5.74) is 8.77. The second kappa shape index (κ2) is 7.76. The molecule has 6 nitrogen and oxygen atoms in total. The minimum atomic E-state index is 0.0741. The number of nitrogens with two attached hydrogens (primary N) is 1. The van der Waals surface area contributed by atoms with E-state index in [0.29, 0.717) is 12.2 Å². The maximum absolute atomic E-state index is 9.63. The van der Waals surface area contributed by atoms with Crippen LogP contribution in [0.1, 0.15) is 37.3 Å². The van der Waals surface area contributed by atoms with Gasteiger partial charge in [0, 0.05) is 24.3 Å². The van der Waals surface area contributed by atoms with Crippen molar-refractivity contribution in [2.24, 2.45) is 0 Å². The molecule has 0 aliphatic carbocycles. The fourth-order valence-electron chi connectivity index (χ4n) is 3.32. The van der Waals surface area contributed by atoms with Gasteiger partial charge in [0.25, 0.3) is 0 Å². The Kier molecular flexibility index (Phi) is 5.24. The van der Waals surface area contributed by atoms with Crippen LogP contribution in [-0.4, -0.2) is 24.7 Å². The predicted molar refractivity (Wildman–Crippen MR) is 101 cm³/mol. The number of ether oxygens (including phenoxy) is 1. The van der Waals surface area contributed by atoms with Crippen molar-refractivity contribution in [1.82, 2.24) is 4.98 Å². The number of aromatic nitrogens is 1. The average Bonchev–Trinajstić information content (AvgIpc) is 2.68. The summed E-state index contributed by atoms with van der Waals surface area (Å²) in [4.78, 5) is 6.44. The molecule has 1 aromatic heterocycles. The summed E-state index contributed by atoms with van der Waals surface area (Å²) in [6.07, 6.45) is 3.69. The highest BCUT2D eigenvalue weighted by molar-refractivity contribution is 5.83. The van der Waals surface area contributed by atoms with E-state index in [2.05, 4.69) is 22.0 Å². The molecule has 2 aromatic rings. The Balaban J connectivity index is 2.07. The van der Waals surface area contributed by atoms with Crippen LogP contribution in [0.4, 0.5) is 11.5 Å². The first-order valence-electron chi connectivity index (χ1n) is 8.81. The molecule has 1 saturated heterocycles. The molecule has 0 radical (unpaired) electrons. The zero-order valence-electron chi connectivity index (χ0n) is 14.8. The third-order valence-corrected chi connectivity index (χ3v) is 4.57. The van der Waals surface area contributed by atoms with E-state index in [0.717, 1.165) is 24.3 Å². The molecule has 132 valence electrons. The second-order valence-corrected chi connectivity index (χ2v) is 6.18. The van der Waals surface area contributed by atoms with Crippen molar-refractivity contribution in [2.45, 2.75) is 26.2 Å². The summed E-state index contributed by atoms with van der Waals surface area (Å²) < 4.78 is 5.46. The lowest BCUT2D eigenvalue weighted by Gasteiger charge is -2.29. The third kappa shape index (κ3) is 3.27. The van der Waals surface area contributed by atoms with Gasteiger partial charge in [-0.2, -0.15) is 15.5 Å². The molecule has 2 heterocycles. The minimum Gasteiger partial charge on any atom is -0.477 e. The molecule has 1 aliphatic heterocycles. The lowest BCUT2D eigenvalue weighted by Crippen LogP contribution is -2.29. The zero-order chi connectivity index (χ0) is 18.5. The van der Waals surface area contributed by atoms with Crippen LogP contribution < -0.4 is 15.4 Å². The van der Waals surface area contributed by atoms with Crippen LogP contribution in [0.25, 0.3) is 11.1 Å². The largest absolute Gasteiger partial charge is 0.477 e. The summed E-state index contributed by atoms with van der Waals surface area (Å²) in [5.74, 6) is 0.242. The van der Waals surface area contributed by atoms with E-state index in [-0.39, 0.29) is 22.8 Å². The Labute approximate surface area is 153 Å². The summed E-state index contributed by atoms with van der Waals surface area (Å²) in [6, 6.07) is 12.1. The van der Waals surface area contributed by atoms with Crippen molar-refractivity contribution in [3.8, 4) is 29.1 Å². The molecule has 6 heteroatoms. The number of benzene rings is 1. The number of rotatable bonds is 4. The molecule has 1 aromatic carbocycles. The molecule has 0 saturated carbocycles. The molecule has 26 heavy (non-hydrogen) atoms. The number of nitrogen functional groups attached to an aromatic ring is 1. The molecule has 0 spiro atoms. The molecule has 2 N–H and O–H groups in total. The zero-order valence-corrected chi connectivity index (χ0v) is 14.8. The Bertz CT molecular complexity index is 871. The number of nitriles is 2. The lowest BCUT2D eigenvalue weighted by atomic mass is 9.96. The van der Waals surface area contributed by atoms with E-state index in [1.807, 2.05) is 31.2 Å². The number of hydrogen-bond acceptors (Lipinski definition) is 6. The number of pyridine rings is 1. The number of hydrogen-bond donors (Lipinski definition) is 1. The van der Waals surface area contributed by atoms with Crippen molar-refractivity contribution in [1.29, 1.82) is 10.5 Å². The fourth-order valence-corrected chi connectivity index (χ4v) is 3.32. The van der Waals surface area contributed by atoms with Crippen molar-refractivity contribution >= 4 is 11.5 Å². The van der Waals surface area contributed by atoms with Gasteiger partial charge in [-0.05, 0) is 43.9 Å². The van der Waals surface area contributed by atoms with Gasteiger partial charge in [0.2, 0.25) is 5.88 Å². The van der Waals surface area contributed by atoms with Gasteiger partial charge in [0.05, 0.1) is 6.61 Å². The monoisotopic (exact) mass is 347 g/mol. The Hall–Kier alpha value is -3.25. The van der Waals surface area contributed by atoms with Crippen molar-refractivity contribution in [3.63, 3.8) is 0 Å². The smallest absolute Gasteiger partial charge is 0.234 e. The minimum absolute atomic E-state index is 0.0741. The van der Waals surface area contributed by atoms with Gasteiger partial charge in [0.15, 0.2) is 0 Å². The van der Waals surface area contributed by atoms with Crippen molar-refractivity contribution in [2.75, 3.05) is 30.3 Å². The molecule has 0 amide bonds. The summed E-state index contributed by atoms with van der Waals surface area (Å²) in [7, 11) is 0. The molecular weight excluding hydrogens is 326 g/mol. The standard InChI is InChI=1S/C20H21N5O/c1-2-26-20-17(13-22)18(16(12-21)19(23)24-20)14-6-8-15(9-7-14)25-10-4-3-5-11-25/h6-9H,2-5,10-11H2,1H3,(H2,23,24). The molecule has 1 aliphatic rings. The highest BCUT2D eigenvalue weighted by Gasteiger charge is 2.21. The van der Waals surface area contributed by atoms with Crippen LogP contribution in [0.2, 0.25) is 0 Å². The number of piperidine rings is 1. The maximum Gasteiger partial charge on any atom is 0.234 e. The van der Waals surface area contributed by atoms with E-state index in [9.17, 15) is 10.5 Å². The van der Waals surface area contributed by atoms with Crippen molar-refractivity contribution in [3.05, 3.63) is 35.4 Å². The summed E-state index contributed by atoms with van der Waals surface area (Å²) >= 11 is 0. The van der Waals surface area contributed by atoms with Crippen LogP contribution in [0.15, 0.2) is 24.3 Å². The van der Waals surface area contributed by atoms with Gasteiger partial charge in [-0.3, -0.25) is 0 Å². The Morgan fingerprint density at radius 1 is 1.08 bits per heavy atom. The Morgan fingerprint density at radius 3 is 2.31 bits per heavy atom. The van der Waals surface area contributed by atoms with Crippen LogP contribution in [-0.2, 0) is 0 Å². The fraction of sp³-hybridized carbons (Fsp3) is 0.350. The maximum atomic E-state index is 9.63. The van der Waals surface area contributed by atoms with E-state index in [1.165, 1.54) is 19.3 Å². The average molecular weight is 347 g/mol. The van der Waals surface area contributed by atoms with E-state index < -0.39 is 0 Å². The predicted octanol–water partition coefficient (Wildman–Crippen LogP) is 3.46.